The number of aryl methyl sites for hydroxylation is 2. The Morgan fingerprint density at radius 1 is 0.554 bits per heavy atom. The molecule has 0 bridgehead atoms. The number of azo groups is 4. The number of carboxylic acid groups (broad SMARTS) is 1. The quantitative estimate of drug-likeness (QED) is 0.0479. The number of rotatable bonds is 11. The maximum Gasteiger partial charge on any atom is 0.339 e. The summed E-state index contributed by atoms with van der Waals surface area (Å²) >= 11 is 0. The second kappa shape index (κ2) is 16.3. The summed E-state index contributed by atoms with van der Waals surface area (Å²) in [7, 11) is -4.82. The van der Waals surface area contributed by atoms with Crippen LogP contribution in [-0.2, 0) is 10.1 Å². The minimum atomic E-state index is -4.82. The number of aromatic hydroxyl groups is 1. The molecule has 0 spiro atoms. The second-order valence-electron chi connectivity index (χ2n) is 12.2. The summed E-state index contributed by atoms with van der Waals surface area (Å²) in [5, 5.41) is 52.4. The number of nitrogen functional groups attached to an aromatic ring is 2. The molecule has 6 aromatic rings. The van der Waals surface area contributed by atoms with Gasteiger partial charge >= 0.3 is 5.97 Å². The van der Waals surface area contributed by atoms with E-state index < -0.39 is 26.7 Å². The zero-order valence-electron chi connectivity index (χ0n) is 29.7. The molecule has 0 heterocycles. The lowest BCUT2D eigenvalue weighted by molar-refractivity contribution is 0.0693. The summed E-state index contributed by atoms with van der Waals surface area (Å²) in [6.07, 6.45) is 0. The number of anilines is 2. The van der Waals surface area contributed by atoms with Crippen LogP contribution in [0.2, 0.25) is 0 Å². The van der Waals surface area contributed by atoms with E-state index in [0.29, 0.717) is 28.3 Å². The summed E-state index contributed by atoms with van der Waals surface area (Å²) in [4.78, 5) is 10.6. The summed E-state index contributed by atoms with van der Waals surface area (Å²) < 4.78 is 34.5. The SMILES string of the molecule is Cc1ccccc1N=Nc1ccc(N=Nc2c(N)c(N=Nc3ccc(-c4ccc(N=Nc5ccc(O)c(C(=O)O)c5)cc4)cc3)cc(S(=O)(=O)O)c2N)c(C)c1. The number of hydrogen-bond acceptors (Lipinski definition) is 14. The topological polar surface area (TPSA) is 263 Å². The van der Waals surface area contributed by atoms with Crippen LogP contribution in [0.5, 0.6) is 5.75 Å². The Morgan fingerprint density at radius 3 is 1.66 bits per heavy atom. The van der Waals surface area contributed by atoms with Crippen LogP contribution in [0.15, 0.2) is 161 Å². The van der Waals surface area contributed by atoms with Gasteiger partial charge in [-0.2, -0.15) is 39.1 Å². The summed E-state index contributed by atoms with van der Waals surface area (Å²) in [5.74, 6) is -1.65. The maximum absolute atomic E-state index is 12.3. The standard InChI is InChI=1S/C39H32N10O6S/c1-22-5-3-4-6-31(22)46-45-28-15-17-32(23(2)19-28)47-49-38-36(40)33(21-35(37(38)41)56(53,54)55)48-43-27-13-9-25(10-14-27)24-7-11-26(12-8-24)42-44-29-16-18-34(50)30(20-29)39(51)52/h3-21,50H,40-41H2,1-2H3,(H,51,52)(H,53,54,55). The van der Waals surface area contributed by atoms with Gasteiger partial charge in [0.2, 0.25) is 0 Å². The summed E-state index contributed by atoms with van der Waals surface area (Å²) in [6.45, 7) is 3.73. The lowest BCUT2D eigenvalue weighted by Gasteiger charge is -2.10. The number of nitrogens with zero attached hydrogens (tertiary/aromatic N) is 8. The van der Waals surface area contributed by atoms with Crippen molar-refractivity contribution < 1.29 is 28.0 Å². The Kier molecular flexibility index (Phi) is 11.1. The lowest BCUT2D eigenvalue weighted by atomic mass is 10.1. The molecule has 0 aliphatic rings. The number of hydrogen-bond donors (Lipinski definition) is 5. The largest absolute Gasteiger partial charge is 0.507 e. The van der Waals surface area contributed by atoms with Crippen molar-refractivity contribution in [2.75, 3.05) is 11.5 Å². The van der Waals surface area contributed by atoms with E-state index in [-0.39, 0.29) is 34.1 Å². The van der Waals surface area contributed by atoms with Gasteiger partial charge in [-0.05, 0) is 109 Å². The second-order valence-corrected chi connectivity index (χ2v) is 13.6. The van der Waals surface area contributed by atoms with Crippen molar-refractivity contribution in [3.63, 3.8) is 0 Å². The number of nitrogens with two attached hydrogens (primary N) is 2. The Labute approximate surface area is 320 Å². The Morgan fingerprint density at radius 2 is 1.05 bits per heavy atom. The van der Waals surface area contributed by atoms with E-state index in [1.54, 1.807) is 61.5 Å². The van der Waals surface area contributed by atoms with Crippen molar-refractivity contribution in [3.05, 3.63) is 132 Å². The Balaban J connectivity index is 1.19. The molecule has 0 aromatic heterocycles. The van der Waals surface area contributed by atoms with E-state index in [2.05, 4.69) is 40.9 Å². The first kappa shape index (κ1) is 38.2. The van der Waals surface area contributed by atoms with Gasteiger partial charge in [0.1, 0.15) is 27.6 Å². The van der Waals surface area contributed by atoms with Gasteiger partial charge in [-0.15, -0.1) is 10.2 Å². The number of phenols is 1. The zero-order chi connectivity index (χ0) is 40.0. The highest BCUT2D eigenvalue weighted by Gasteiger charge is 2.22. The zero-order valence-corrected chi connectivity index (χ0v) is 30.5. The summed E-state index contributed by atoms with van der Waals surface area (Å²) in [5.41, 5.74) is 17.6. The number of carboxylic acids is 1. The van der Waals surface area contributed by atoms with E-state index in [9.17, 15) is 28.0 Å². The molecule has 0 radical (unpaired) electrons. The van der Waals surface area contributed by atoms with Crippen LogP contribution in [0.3, 0.4) is 0 Å². The van der Waals surface area contributed by atoms with Crippen LogP contribution in [0.4, 0.5) is 56.9 Å². The third-order valence-corrected chi connectivity index (χ3v) is 9.15. The molecule has 56 heavy (non-hydrogen) atoms. The monoisotopic (exact) mass is 768 g/mol. The Hall–Kier alpha value is -7.50. The van der Waals surface area contributed by atoms with E-state index >= 15 is 0 Å². The van der Waals surface area contributed by atoms with E-state index in [1.165, 1.54) is 18.2 Å². The number of benzene rings is 6. The van der Waals surface area contributed by atoms with Gasteiger partial charge < -0.3 is 21.7 Å². The van der Waals surface area contributed by atoms with Gasteiger partial charge in [0, 0.05) is 0 Å². The average Bonchev–Trinajstić information content (AvgIpc) is 3.17. The predicted octanol–water partition coefficient (Wildman–Crippen LogP) is 11.4. The molecule has 0 unspecified atom stereocenters. The molecule has 0 amide bonds. The Bertz CT molecular complexity index is 2700. The average molecular weight is 769 g/mol. The van der Waals surface area contributed by atoms with E-state index in [4.69, 9.17) is 11.5 Å². The predicted molar refractivity (Wildman–Crippen MR) is 211 cm³/mol. The van der Waals surface area contributed by atoms with Gasteiger partial charge in [-0.25, -0.2) is 4.79 Å². The highest BCUT2D eigenvalue weighted by molar-refractivity contribution is 7.86. The smallest absolute Gasteiger partial charge is 0.339 e. The van der Waals surface area contributed by atoms with Crippen LogP contribution in [0.25, 0.3) is 11.1 Å². The van der Waals surface area contributed by atoms with Crippen molar-refractivity contribution >= 4 is 73.0 Å². The third kappa shape index (κ3) is 8.99. The number of carbonyl (C=O) groups is 1. The molecule has 6 rings (SSSR count). The molecule has 0 aliphatic carbocycles. The lowest BCUT2D eigenvalue weighted by Crippen LogP contribution is -2.05. The first-order chi connectivity index (χ1) is 26.8. The minimum Gasteiger partial charge on any atom is -0.507 e. The fourth-order valence-electron chi connectivity index (χ4n) is 5.20. The molecular weight excluding hydrogens is 737 g/mol. The first-order valence-corrected chi connectivity index (χ1v) is 18.0. The fourth-order valence-corrected chi connectivity index (χ4v) is 5.83. The fraction of sp³-hybridized carbons (Fsp3) is 0.0513. The van der Waals surface area contributed by atoms with Gasteiger partial charge in [-0.1, -0.05) is 42.5 Å². The molecule has 0 atom stereocenters. The maximum atomic E-state index is 12.3. The molecule has 6 aromatic carbocycles. The molecular formula is C39H32N10O6S. The van der Waals surface area contributed by atoms with Crippen molar-refractivity contribution in [2.45, 2.75) is 18.7 Å². The molecule has 0 aliphatic heterocycles. The summed E-state index contributed by atoms with van der Waals surface area (Å²) in [6, 6.07) is 31.7. The van der Waals surface area contributed by atoms with Gasteiger partial charge in [0.15, 0.2) is 0 Å². The normalized spacial score (nSPS) is 12.1. The molecule has 17 heteroatoms. The van der Waals surface area contributed by atoms with Crippen LogP contribution in [-0.4, -0.2) is 29.2 Å². The minimum absolute atomic E-state index is 0.120. The van der Waals surface area contributed by atoms with Crippen molar-refractivity contribution in [2.24, 2.45) is 40.9 Å². The molecule has 280 valence electrons. The van der Waals surface area contributed by atoms with Crippen LogP contribution in [0.1, 0.15) is 21.5 Å². The van der Waals surface area contributed by atoms with Gasteiger partial charge in [0.25, 0.3) is 10.1 Å². The van der Waals surface area contributed by atoms with Crippen molar-refractivity contribution in [1.29, 1.82) is 0 Å². The van der Waals surface area contributed by atoms with Gasteiger partial charge in [0.05, 0.1) is 45.5 Å². The number of aromatic carboxylic acids is 1. The van der Waals surface area contributed by atoms with E-state index in [0.717, 1.165) is 28.4 Å². The molecule has 0 fully saturated rings. The highest BCUT2D eigenvalue weighted by Crippen LogP contribution is 2.43. The highest BCUT2D eigenvalue weighted by atomic mass is 32.2. The molecule has 0 saturated carbocycles. The molecule has 7 N–H and O–H groups in total. The molecule has 0 saturated heterocycles. The first-order valence-electron chi connectivity index (χ1n) is 16.6. The van der Waals surface area contributed by atoms with Crippen molar-refractivity contribution in [3.8, 4) is 16.9 Å². The van der Waals surface area contributed by atoms with Crippen molar-refractivity contribution in [1.82, 2.24) is 0 Å². The third-order valence-electron chi connectivity index (χ3n) is 8.26. The van der Waals surface area contributed by atoms with E-state index in [1.807, 2.05) is 43.3 Å². The molecule has 16 nitrogen and oxygen atoms in total. The van der Waals surface area contributed by atoms with Crippen LogP contribution >= 0.6 is 0 Å². The van der Waals surface area contributed by atoms with Crippen LogP contribution in [0, 0.1) is 13.8 Å². The van der Waals surface area contributed by atoms with Crippen LogP contribution < -0.4 is 11.5 Å². The van der Waals surface area contributed by atoms with Gasteiger partial charge in [-0.3, -0.25) is 4.55 Å².